The molecule has 0 spiro atoms. The van der Waals surface area contributed by atoms with Crippen molar-refractivity contribution in [3.05, 3.63) is 71.8 Å². The summed E-state index contributed by atoms with van der Waals surface area (Å²) in [6.07, 6.45) is 0.432. The Hall–Kier alpha value is -2.14. The van der Waals surface area contributed by atoms with E-state index in [4.69, 9.17) is 0 Å². The summed E-state index contributed by atoms with van der Waals surface area (Å²) < 4.78 is 23.4. The largest absolute Gasteiger partial charge is 0.334 e. The standard InChI is InChI=1S/C19H21NO3S/c21-19(18-11-12-24(22,23)15-18)20(13-16-7-3-1-4-8-16)14-17-9-5-2-6-10-17/h1-10,18H,11-15H2/t18-/m0/s1. The molecule has 0 bridgehead atoms. The van der Waals surface area contributed by atoms with Crippen LogP contribution in [0.2, 0.25) is 0 Å². The van der Waals surface area contributed by atoms with E-state index in [0.29, 0.717) is 19.5 Å². The molecule has 2 aromatic carbocycles. The molecule has 3 rings (SSSR count). The Bertz CT molecular complexity index is 746. The third-order valence-electron chi connectivity index (χ3n) is 4.33. The SMILES string of the molecule is O=C([C@H]1CCS(=O)(=O)C1)N(Cc1ccccc1)Cc1ccccc1. The summed E-state index contributed by atoms with van der Waals surface area (Å²) in [5.74, 6) is -0.383. The smallest absolute Gasteiger partial charge is 0.227 e. The van der Waals surface area contributed by atoms with Crippen molar-refractivity contribution >= 4 is 15.7 Å². The van der Waals surface area contributed by atoms with Gasteiger partial charge in [0.15, 0.2) is 9.84 Å². The predicted molar refractivity (Wildman–Crippen MR) is 93.9 cm³/mol. The molecule has 126 valence electrons. The number of amides is 1. The maximum atomic E-state index is 12.9. The zero-order valence-electron chi connectivity index (χ0n) is 13.5. The van der Waals surface area contributed by atoms with E-state index < -0.39 is 15.8 Å². The molecular formula is C19H21NO3S. The Balaban J connectivity index is 1.80. The van der Waals surface area contributed by atoms with Gasteiger partial charge in [-0.15, -0.1) is 0 Å². The first-order valence-corrected chi connectivity index (χ1v) is 9.93. The quantitative estimate of drug-likeness (QED) is 0.839. The Labute approximate surface area is 143 Å². The minimum Gasteiger partial charge on any atom is -0.334 e. The van der Waals surface area contributed by atoms with Crippen LogP contribution in [0.3, 0.4) is 0 Å². The number of hydrogen-bond donors (Lipinski definition) is 0. The van der Waals surface area contributed by atoms with Crippen LogP contribution in [0.25, 0.3) is 0 Å². The van der Waals surface area contributed by atoms with Gasteiger partial charge in [0.2, 0.25) is 5.91 Å². The Kier molecular flexibility index (Phi) is 5.00. The first-order valence-electron chi connectivity index (χ1n) is 8.10. The highest BCUT2D eigenvalue weighted by Gasteiger charge is 2.35. The predicted octanol–water partition coefficient (Wildman–Crippen LogP) is 2.65. The monoisotopic (exact) mass is 343 g/mol. The Morgan fingerprint density at radius 3 is 1.83 bits per heavy atom. The molecule has 0 aliphatic carbocycles. The maximum Gasteiger partial charge on any atom is 0.227 e. The van der Waals surface area contributed by atoms with Crippen LogP contribution < -0.4 is 0 Å². The van der Waals surface area contributed by atoms with E-state index in [1.54, 1.807) is 4.90 Å². The van der Waals surface area contributed by atoms with Crippen molar-refractivity contribution < 1.29 is 13.2 Å². The number of benzene rings is 2. The van der Waals surface area contributed by atoms with Gasteiger partial charge in [-0.2, -0.15) is 0 Å². The molecule has 1 amide bonds. The van der Waals surface area contributed by atoms with Crippen molar-refractivity contribution in [1.29, 1.82) is 0 Å². The molecule has 0 aromatic heterocycles. The molecule has 1 aliphatic heterocycles. The molecule has 4 nitrogen and oxygen atoms in total. The van der Waals surface area contributed by atoms with Crippen molar-refractivity contribution in [2.75, 3.05) is 11.5 Å². The van der Waals surface area contributed by atoms with E-state index in [2.05, 4.69) is 0 Å². The summed E-state index contributed by atoms with van der Waals surface area (Å²) in [7, 11) is -3.07. The molecule has 1 atom stereocenters. The molecule has 0 radical (unpaired) electrons. The zero-order valence-corrected chi connectivity index (χ0v) is 14.3. The van der Waals surface area contributed by atoms with Crippen LogP contribution in [-0.4, -0.2) is 30.7 Å². The van der Waals surface area contributed by atoms with E-state index in [0.717, 1.165) is 11.1 Å². The van der Waals surface area contributed by atoms with Gasteiger partial charge in [0.25, 0.3) is 0 Å². The molecule has 1 heterocycles. The molecule has 1 aliphatic rings. The minimum atomic E-state index is -3.07. The number of sulfone groups is 1. The number of carbonyl (C=O) groups is 1. The van der Waals surface area contributed by atoms with Gasteiger partial charge in [-0.25, -0.2) is 8.42 Å². The average molecular weight is 343 g/mol. The molecule has 5 heteroatoms. The first kappa shape index (κ1) is 16.7. The van der Waals surface area contributed by atoms with E-state index >= 15 is 0 Å². The first-order chi connectivity index (χ1) is 11.5. The molecule has 2 aromatic rings. The summed E-state index contributed by atoms with van der Waals surface area (Å²) in [6.45, 7) is 0.982. The van der Waals surface area contributed by atoms with Crippen molar-refractivity contribution in [2.45, 2.75) is 19.5 Å². The highest BCUT2D eigenvalue weighted by Crippen LogP contribution is 2.23. The van der Waals surface area contributed by atoms with Crippen LogP contribution in [0.15, 0.2) is 60.7 Å². The molecular weight excluding hydrogens is 322 g/mol. The summed E-state index contributed by atoms with van der Waals surface area (Å²) in [6, 6.07) is 19.6. The fraction of sp³-hybridized carbons (Fsp3) is 0.316. The Morgan fingerprint density at radius 2 is 1.42 bits per heavy atom. The van der Waals surface area contributed by atoms with Gasteiger partial charge in [-0.1, -0.05) is 60.7 Å². The van der Waals surface area contributed by atoms with Gasteiger partial charge in [-0.3, -0.25) is 4.79 Å². The highest BCUT2D eigenvalue weighted by atomic mass is 32.2. The van der Waals surface area contributed by atoms with Crippen molar-refractivity contribution in [2.24, 2.45) is 5.92 Å². The van der Waals surface area contributed by atoms with Crippen molar-refractivity contribution in [1.82, 2.24) is 4.90 Å². The van der Waals surface area contributed by atoms with Gasteiger partial charge >= 0.3 is 0 Å². The Morgan fingerprint density at radius 1 is 0.917 bits per heavy atom. The van der Waals surface area contributed by atoms with Crippen LogP contribution in [0.1, 0.15) is 17.5 Å². The van der Waals surface area contributed by atoms with E-state index in [9.17, 15) is 13.2 Å². The van der Waals surface area contributed by atoms with Crippen molar-refractivity contribution in [3.63, 3.8) is 0 Å². The maximum absolute atomic E-state index is 12.9. The van der Waals surface area contributed by atoms with Gasteiger partial charge in [-0.05, 0) is 17.5 Å². The van der Waals surface area contributed by atoms with Gasteiger partial charge in [0.1, 0.15) is 0 Å². The lowest BCUT2D eigenvalue weighted by Gasteiger charge is -2.25. The summed E-state index contributed by atoms with van der Waals surface area (Å²) in [4.78, 5) is 14.7. The number of carbonyl (C=O) groups excluding carboxylic acids is 1. The molecule has 1 fully saturated rings. The molecule has 1 saturated heterocycles. The van der Waals surface area contributed by atoms with E-state index in [1.165, 1.54) is 0 Å². The number of hydrogen-bond acceptors (Lipinski definition) is 3. The van der Waals surface area contributed by atoms with Crippen LogP contribution in [0, 0.1) is 5.92 Å². The van der Waals surface area contributed by atoms with E-state index in [-0.39, 0.29) is 17.4 Å². The van der Waals surface area contributed by atoms with Gasteiger partial charge < -0.3 is 4.90 Å². The third-order valence-corrected chi connectivity index (χ3v) is 6.09. The molecule has 0 saturated carbocycles. The third kappa shape index (κ3) is 4.23. The van der Waals surface area contributed by atoms with Crippen LogP contribution in [0.5, 0.6) is 0 Å². The van der Waals surface area contributed by atoms with Crippen LogP contribution in [-0.2, 0) is 27.7 Å². The summed E-state index contributed by atoms with van der Waals surface area (Å²) in [5, 5.41) is 0. The second-order valence-corrected chi connectivity index (χ2v) is 8.49. The average Bonchev–Trinajstić information content (AvgIpc) is 2.95. The fourth-order valence-electron chi connectivity index (χ4n) is 3.07. The van der Waals surface area contributed by atoms with Crippen molar-refractivity contribution in [3.8, 4) is 0 Å². The van der Waals surface area contributed by atoms with Gasteiger partial charge in [0.05, 0.1) is 17.4 Å². The topological polar surface area (TPSA) is 54.5 Å². The minimum absolute atomic E-state index is 0.0219. The summed E-state index contributed by atoms with van der Waals surface area (Å²) >= 11 is 0. The molecule has 0 unspecified atom stereocenters. The highest BCUT2D eigenvalue weighted by molar-refractivity contribution is 7.91. The molecule has 0 N–H and O–H groups in total. The number of nitrogens with zero attached hydrogens (tertiary/aromatic N) is 1. The van der Waals surface area contributed by atoms with Crippen LogP contribution in [0.4, 0.5) is 0 Å². The lowest BCUT2D eigenvalue weighted by atomic mass is 10.1. The normalized spacial score (nSPS) is 19.1. The van der Waals surface area contributed by atoms with Crippen LogP contribution >= 0.6 is 0 Å². The van der Waals surface area contributed by atoms with Gasteiger partial charge in [0, 0.05) is 13.1 Å². The second-order valence-electron chi connectivity index (χ2n) is 6.27. The lowest BCUT2D eigenvalue weighted by molar-refractivity contribution is -0.136. The zero-order chi connectivity index (χ0) is 17.0. The summed E-state index contributed by atoms with van der Waals surface area (Å²) in [5.41, 5.74) is 2.09. The number of rotatable bonds is 5. The molecule has 24 heavy (non-hydrogen) atoms. The lowest BCUT2D eigenvalue weighted by Crippen LogP contribution is -2.35. The second kappa shape index (κ2) is 7.18. The fourth-order valence-corrected chi connectivity index (χ4v) is 4.80. The van der Waals surface area contributed by atoms with E-state index in [1.807, 2.05) is 60.7 Å².